The molecule has 0 radical (unpaired) electrons. The molecule has 52 heavy (non-hydrogen) atoms. The molecule has 0 N–H and O–H groups in total. The molecule has 1 atom stereocenters. The van der Waals surface area contributed by atoms with Gasteiger partial charge in [0.2, 0.25) is 0 Å². The van der Waals surface area contributed by atoms with Crippen LogP contribution in [0.25, 0.3) is 0 Å². The summed E-state index contributed by atoms with van der Waals surface area (Å²) in [5.74, 6) is -0.425. The molecule has 302 valence electrons. The molecule has 0 aromatic heterocycles. The number of rotatable bonds is 40. The molecule has 0 aromatic carbocycles. The summed E-state index contributed by atoms with van der Waals surface area (Å²) in [6.45, 7) is 7.65. The minimum absolute atomic E-state index is 0.0736. The van der Waals surface area contributed by atoms with Crippen LogP contribution in [0.3, 0.4) is 0 Å². The molecule has 0 saturated heterocycles. The van der Waals surface area contributed by atoms with Crippen molar-refractivity contribution < 1.29 is 23.8 Å². The number of esters is 2. The van der Waals surface area contributed by atoms with Gasteiger partial charge in [-0.3, -0.25) is 9.59 Å². The largest absolute Gasteiger partial charge is 0.462 e. The Bertz CT molecular complexity index is 873. The van der Waals surface area contributed by atoms with Gasteiger partial charge in [-0.05, 0) is 83.5 Å². The molecule has 0 aliphatic carbocycles. The van der Waals surface area contributed by atoms with Crippen molar-refractivity contribution in [3.63, 3.8) is 0 Å². The molecule has 0 amide bonds. The number of allylic oxidation sites excluding steroid dienone is 8. The lowest BCUT2D eigenvalue weighted by Crippen LogP contribution is -2.30. The van der Waals surface area contributed by atoms with Crippen LogP contribution in [0.15, 0.2) is 48.6 Å². The third kappa shape index (κ3) is 40.6. The third-order valence-corrected chi connectivity index (χ3v) is 9.29. The summed E-state index contributed by atoms with van der Waals surface area (Å²) in [5, 5.41) is 0. The van der Waals surface area contributed by atoms with Crippen molar-refractivity contribution in [2.45, 2.75) is 219 Å². The molecule has 0 spiro atoms. The Kier molecular flexibility index (Phi) is 41.5. The van der Waals surface area contributed by atoms with Gasteiger partial charge in [-0.15, -0.1) is 0 Å². The van der Waals surface area contributed by atoms with Crippen LogP contribution in [0.5, 0.6) is 0 Å². The van der Waals surface area contributed by atoms with E-state index >= 15 is 0 Å². The highest BCUT2D eigenvalue weighted by atomic mass is 16.6. The molecular formula is C47H84O5. The summed E-state index contributed by atoms with van der Waals surface area (Å²) < 4.78 is 17.3. The Hall–Kier alpha value is -2.14. The maximum Gasteiger partial charge on any atom is 0.306 e. The van der Waals surface area contributed by atoms with E-state index in [9.17, 15) is 9.59 Å². The Morgan fingerprint density at radius 2 is 0.846 bits per heavy atom. The van der Waals surface area contributed by atoms with Gasteiger partial charge in [0, 0.05) is 19.4 Å². The molecule has 0 saturated carbocycles. The number of hydrogen-bond acceptors (Lipinski definition) is 5. The molecule has 0 heterocycles. The van der Waals surface area contributed by atoms with Gasteiger partial charge < -0.3 is 14.2 Å². The fourth-order valence-electron chi connectivity index (χ4n) is 5.92. The lowest BCUT2D eigenvalue weighted by Gasteiger charge is -2.18. The van der Waals surface area contributed by atoms with E-state index in [-0.39, 0.29) is 25.2 Å². The van der Waals surface area contributed by atoms with Gasteiger partial charge in [0.15, 0.2) is 6.10 Å². The van der Waals surface area contributed by atoms with E-state index in [1.54, 1.807) is 0 Å². The predicted octanol–water partition coefficient (Wildman–Crippen LogP) is 14.4. The minimum atomic E-state index is -0.545. The average Bonchev–Trinajstić information content (AvgIpc) is 3.14. The highest BCUT2D eigenvalue weighted by molar-refractivity contribution is 5.70. The predicted molar refractivity (Wildman–Crippen MR) is 224 cm³/mol. The van der Waals surface area contributed by atoms with Gasteiger partial charge in [-0.1, -0.05) is 166 Å². The van der Waals surface area contributed by atoms with Gasteiger partial charge in [0.25, 0.3) is 0 Å². The van der Waals surface area contributed by atoms with Crippen LogP contribution >= 0.6 is 0 Å². The van der Waals surface area contributed by atoms with E-state index in [2.05, 4.69) is 69.4 Å². The van der Waals surface area contributed by atoms with E-state index < -0.39 is 6.10 Å². The number of carbonyl (C=O) groups excluding carboxylic acids is 2. The lowest BCUT2D eigenvalue weighted by molar-refractivity contribution is -0.163. The zero-order valence-electron chi connectivity index (χ0n) is 34.6. The molecule has 0 bridgehead atoms. The number of unbranched alkanes of at least 4 members (excludes halogenated alkanes) is 21. The van der Waals surface area contributed by atoms with Gasteiger partial charge in [-0.25, -0.2) is 0 Å². The maximum atomic E-state index is 12.7. The van der Waals surface area contributed by atoms with E-state index in [4.69, 9.17) is 14.2 Å². The third-order valence-electron chi connectivity index (χ3n) is 9.29. The van der Waals surface area contributed by atoms with Crippen LogP contribution in [0.4, 0.5) is 0 Å². The zero-order valence-corrected chi connectivity index (χ0v) is 34.6. The van der Waals surface area contributed by atoms with Gasteiger partial charge in [0.05, 0.1) is 6.61 Å². The standard InChI is InChI=1S/C47H84O5/c1-4-7-10-13-16-19-22-23-24-27-30-33-36-39-42-50-43-45(52-47(49)41-38-35-32-29-26-21-18-15-12-9-6-3)44-51-46(48)40-37-34-31-28-25-20-17-14-11-8-5-2/h10,13-15,17-19,22,45H,4-9,11-12,16,20-21,23-44H2,1-3H3/b13-10-,17-14-,18-15-,22-19-. The van der Waals surface area contributed by atoms with Crippen molar-refractivity contribution in [2.75, 3.05) is 19.8 Å². The lowest BCUT2D eigenvalue weighted by atomic mass is 10.1. The van der Waals surface area contributed by atoms with Crippen molar-refractivity contribution in [3.05, 3.63) is 48.6 Å². The smallest absolute Gasteiger partial charge is 0.306 e. The molecule has 1 unspecified atom stereocenters. The van der Waals surface area contributed by atoms with E-state index in [1.165, 1.54) is 109 Å². The Morgan fingerprint density at radius 3 is 1.37 bits per heavy atom. The van der Waals surface area contributed by atoms with E-state index in [0.29, 0.717) is 19.4 Å². The van der Waals surface area contributed by atoms with E-state index in [0.717, 1.165) is 70.6 Å². The maximum absolute atomic E-state index is 12.7. The molecule has 0 aliphatic heterocycles. The van der Waals surface area contributed by atoms with Crippen LogP contribution in [0, 0.1) is 0 Å². The Morgan fingerprint density at radius 1 is 0.423 bits per heavy atom. The summed E-state index contributed by atoms with van der Waals surface area (Å²) in [6, 6.07) is 0. The normalized spacial score (nSPS) is 12.6. The van der Waals surface area contributed by atoms with Crippen LogP contribution in [0.2, 0.25) is 0 Å². The van der Waals surface area contributed by atoms with Crippen molar-refractivity contribution in [1.29, 1.82) is 0 Å². The first-order valence-electron chi connectivity index (χ1n) is 22.2. The average molecular weight is 729 g/mol. The summed E-state index contributed by atoms with van der Waals surface area (Å²) in [4.78, 5) is 25.2. The first kappa shape index (κ1) is 49.9. The van der Waals surface area contributed by atoms with E-state index in [1.807, 2.05) is 0 Å². The molecule has 0 aromatic rings. The minimum Gasteiger partial charge on any atom is -0.462 e. The molecule has 5 heteroatoms. The van der Waals surface area contributed by atoms with Crippen molar-refractivity contribution in [3.8, 4) is 0 Å². The van der Waals surface area contributed by atoms with Crippen molar-refractivity contribution in [2.24, 2.45) is 0 Å². The highest BCUT2D eigenvalue weighted by Crippen LogP contribution is 2.13. The van der Waals surface area contributed by atoms with Crippen LogP contribution < -0.4 is 0 Å². The Labute approximate surface area is 322 Å². The second-order valence-corrected chi connectivity index (χ2v) is 14.6. The molecule has 5 nitrogen and oxygen atoms in total. The molecular weight excluding hydrogens is 645 g/mol. The first-order valence-corrected chi connectivity index (χ1v) is 22.2. The quantitative estimate of drug-likeness (QED) is 0.0357. The fraction of sp³-hybridized carbons (Fsp3) is 0.787. The van der Waals surface area contributed by atoms with Crippen LogP contribution in [-0.2, 0) is 23.8 Å². The highest BCUT2D eigenvalue weighted by Gasteiger charge is 2.17. The summed E-state index contributed by atoms with van der Waals surface area (Å²) in [6.07, 6.45) is 51.0. The van der Waals surface area contributed by atoms with Gasteiger partial charge in [0.1, 0.15) is 6.61 Å². The number of ether oxygens (including phenoxy) is 3. The monoisotopic (exact) mass is 729 g/mol. The van der Waals surface area contributed by atoms with Crippen molar-refractivity contribution in [1.82, 2.24) is 0 Å². The summed E-state index contributed by atoms with van der Waals surface area (Å²) in [5.41, 5.74) is 0. The summed E-state index contributed by atoms with van der Waals surface area (Å²) in [7, 11) is 0. The van der Waals surface area contributed by atoms with Gasteiger partial charge in [-0.2, -0.15) is 0 Å². The zero-order chi connectivity index (χ0) is 37.8. The van der Waals surface area contributed by atoms with Crippen LogP contribution in [-0.4, -0.2) is 37.9 Å². The topological polar surface area (TPSA) is 61.8 Å². The SMILES string of the molecule is CCC/C=C\C/C=C\CCCCCCCCOCC(COC(=O)CCCCCCC/C=C\CCCC)OC(=O)CCCCCCC/C=C\CCCC. The first-order chi connectivity index (χ1) is 25.6. The Balaban J connectivity index is 4.28. The fourth-order valence-corrected chi connectivity index (χ4v) is 5.92. The molecule has 0 fully saturated rings. The number of carbonyl (C=O) groups is 2. The van der Waals surface area contributed by atoms with Crippen LogP contribution in [0.1, 0.15) is 213 Å². The number of hydrogen-bond donors (Lipinski definition) is 0. The second-order valence-electron chi connectivity index (χ2n) is 14.6. The van der Waals surface area contributed by atoms with Gasteiger partial charge >= 0.3 is 11.9 Å². The second kappa shape index (κ2) is 43.3. The van der Waals surface area contributed by atoms with Crippen molar-refractivity contribution >= 4 is 11.9 Å². The molecule has 0 aliphatic rings. The molecule has 0 rings (SSSR count). The summed E-state index contributed by atoms with van der Waals surface area (Å²) >= 11 is 0.